The van der Waals surface area contributed by atoms with E-state index in [9.17, 15) is 9.90 Å². The molecule has 1 atom stereocenters. The molecule has 1 amide bonds. The molecule has 4 rings (SSSR count). The topological polar surface area (TPSA) is 58.6 Å². The maximum absolute atomic E-state index is 12.6. The molecule has 3 aromatic rings. The van der Waals surface area contributed by atoms with Crippen LogP contribution >= 0.6 is 0 Å². The maximum Gasteiger partial charge on any atom is 0.407 e. The SMILES string of the molecule is Cc1cc(C)c(C(CO)NC(=O)OCC2c3ccccc3-c3ccccc32)c(C)c1. The molecule has 0 saturated carbocycles. The molecule has 0 heterocycles. The number of carbonyl (C=O) groups excluding carboxylic acids is 1. The molecule has 30 heavy (non-hydrogen) atoms. The third kappa shape index (κ3) is 3.71. The summed E-state index contributed by atoms with van der Waals surface area (Å²) < 4.78 is 5.64. The fourth-order valence-corrected chi connectivity index (χ4v) is 4.73. The molecule has 1 aliphatic carbocycles. The van der Waals surface area contributed by atoms with Crippen LogP contribution in [0, 0.1) is 20.8 Å². The van der Waals surface area contributed by atoms with Gasteiger partial charge in [-0.1, -0.05) is 66.2 Å². The van der Waals surface area contributed by atoms with Gasteiger partial charge >= 0.3 is 6.09 Å². The third-order valence-electron chi connectivity index (χ3n) is 5.90. The van der Waals surface area contributed by atoms with Crippen molar-refractivity contribution in [3.63, 3.8) is 0 Å². The van der Waals surface area contributed by atoms with Gasteiger partial charge in [0.25, 0.3) is 0 Å². The lowest BCUT2D eigenvalue weighted by Gasteiger charge is -2.22. The number of amides is 1. The number of aryl methyl sites for hydroxylation is 3. The highest BCUT2D eigenvalue weighted by atomic mass is 16.5. The number of nitrogens with one attached hydrogen (secondary N) is 1. The Balaban J connectivity index is 1.49. The van der Waals surface area contributed by atoms with Crippen molar-refractivity contribution >= 4 is 6.09 Å². The zero-order valence-electron chi connectivity index (χ0n) is 17.6. The normalized spacial score (nSPS) is 13.5. The van der Waals surface area contributed by atoms with Crippen LogP contribution in [0.5, 0.6) is 0 Å². The first kappa shape index (κ1) is 20.2. The van der Waals surface area contributed by atoms with Crippen LogP contribution in [0.3, 0.4) is 0 Å². The predicted octanol–water partition coefficient (Wildman–Crippen LogP) is 5.18. The van der Waals surface area contributed by atoms with Gasteiger partial charge in [0.1, 0.15) is 6.61 Å². The minimum atomic E-state index is -0.518. The molecular formula is C26H27NO3. The molecular weight excluding hydrogens is 374 g/mol. The number of ether oxygens (including phenoxy) is 1. The molecule has 0 fully saturated rings. The summed E-state index contributed by atoms with van der Waals surface area (Å²) in [6.07, 6.45) is -0.518. The largest absolute Gasteiger partial charge is 0.449 e. The van der Waals surface area contributed by atoms with Crippen molar-refractivity contribution < 1.29 is 14.6 Å². The maximum atomic E-state index is 12.6. The summed E-state index contributed by atoms with van der Waals surface area (Å²) in [6.45, 7) is 6.10. The van der Waals surface area contributed by atoms with Crippen LogP contribution in [-0.2, 0) is 4.74 Å². The van der Waals surface area contributed by atoms with Crippen LogP contribution in [0.15, 0.2) is 60.7 Å². The van der Waals surface area contributed by atoms with Crippen LogP contribution in [0.2, 0.25) is 0 Å². The fourth-order valence-electron chi connectivity index (χ4n) is 4.73. The molecule has 0 aliphatic heterocycles. The average Bonchev–Trinajstić information content (AvgIpc) is 3.04. The lowest BCUT2D eigenvalue weighted by Crippen LogP contribution is -2.33. The van der Waals surface area contributed by atoms with Crippen LogP contribution in [0.4, 0.5) is 4.79 Å². The summed E-state index contributed by atoms with van der Waals surface area (Å²) in [6, 6.07) is 20.1. The van der Waals surface area contributed by atoms with E-state index in [0.717, 1.165) is 22.3 Å². The predicted molar refractivity (Wildman–Crippen MR) is 119 cm³/mol. The summed E-state index contributed by atoms with van der Waals surface area (Å²) in [5, 5.41) is 12.8. The lowest BCUT2D eigenvalue weighted by molar-refractivity contribution is 0.132. The quantitative estimate of drug-likeness (QED) is 0.619. The van der Waals surface area contributed by atoms with Gasteiger partial charge in [0, 0.05) is 5.92 Å². The Morgan fingerprint density at radius 1 is 0.967 bits per heavy atom. The Labute approximate surface area is 177 Å². The van der Waals surface area contributed by atoms with Gasteiger partial charge in [0.05, 0.1) is 12.6 Å². The first-order valence-corrected chi connectivity index (χ1v) is 10.3. The smallest absolute Gasteiger partial charge is 0.407 e. The second kappa shape index (κ2) is 8.33. The summed E-state index contributed by atoms with van der Waals surface area (Å²) in [5.41, 5.74) is 8.94. The molecule has 3 aromatic carbocycles. The zero-order valence-corrected chi connectivity index (χ0v) is 17.6. The third-order valence-corrected chi connectivity index (χ3v) is 5.90. The van der Waals surface area contributed by atoms with Crippen molar-refractivity contribution in [1.82, 2.24) is 5.32 Å². The Bertz CT molecular complexity index is 1020. The van der Waals surface area contributed by atoms with Gasteiger partial charge in [-0.3, -0.25) is 0 Å². The molecule has 2 N–H and O–H groups in total. The van der Waals surface area contributed by atoms with E-state index in [1.807, 2.05) is 45.0 Å². The molecule has 0 aromatic heterocycles. The number of benzene rings is 3. The van der Waals surface area contributed by atoms with Gasteiger partial charge in [-0.15, -0.1) is 0 Å². The second-order valence-electron chi connectivity index (χ2n) is 8.02. The van der Waals surface area contributed by atoms with Gasteiger partial charge in [0.2, 0.25) is 0 Å². The summed E-state index contributed by atoms with van der Waals surface area (Å²) >= 11 is 0. The highest BCUT2D eigenvalue weighted by Crippen LogP contribution is 2.44. The monoisotopic (exact) mass is 401 g/mol. The Morgan fingerprint density at radius 3 is 2.03 bits per heavy atom. The Kier molecular flexibility index (Phi) is 5.60. The number of rotatable bonds is 5. The minimum Gasteiger partial charge on any atom is -0.449 e. The van der Waals surface area contributed by atoms with Gasteiger partial charge in [-0.05, 0) is 59.7 Å². The molecule has 1 unspecified atom stereocenters. The van der Waals surface area contributed by atoms with E-state index in [4.69, 9.17) is 4.74 Å². The second-order valence-corrected chi connectivity index (χ2v) is 8.02. The van der Waals surface area contributed by atoms with Crippen molar-refractivity contribution in [2.75, 3.05) is 13.2 Å². The van der Waals surface area contributed by atoms with Crippen molar-refractivity contribution in [2.24, 2.45) is 0 Å². The minimum absolute atomic E-state index is 0.0126. The standard InChI is InChI=1S/C26H27NO3/c1-16-12-17(2)25(18(3)13-16)24(14-28)27-26(29)30-15-23-21-10-6-4-8-19(21)20-9-5-7-11-22(20)23/h4-13,23-24,28H,14-15H2,1-3H3,(H,27,29). The van der Waals surface area contributed by atoms with Gasteiger partial charge < -0.3 is 15.2 Å². The van der Waals surface area contributed by atoms with Crippen LogP contribution < -0.4 is 5.32 Å². The van der Waals surface area contributed by atoms with E-state index in [1.54, 1.807) is 0 Å². The molecule has 0 bridgehead atoms. The Morgan fingerprint density at radius 2 is 1.50 bits per heavy atom. The summed E-state index contributed by atoms with van der Waals surface area (Å²) in [7, 11) is 0. The van der Waals surface area contributed by atoms with E-state index in [-0.39, 0.29) is 19.1 Å². The van der Waals surface area contributed by atoms with Gasteiger partial charge in [-0.25, -0.2) is 4.79 Å². The van der Waals surface area contributed by atoms with E-state index < -0.39 is 12.1 Å². The van der Waals surface area contributed by atoms with Crippen molar-refractivity contribution in [2.45, 2.75) is 32.7 Å². The number of hydrogen-bond donors (Lipinski definition) is 2. The molecule has 4 nitrogen and oxygen atoms in total. The molecule has 1 aliphatic rings. The molecule has 4 heteroatoms. The highest BCUT2D eigenvalue weighted by Gasteiger charge is 2.29. The molecule has 0 saturated heterocycles. The lowest BCUT2D eigenvalue weighted by atomic mass is 9.94. The van der Waals surface area contributed by atoms with Crippen LogP contribution in [0.25, 0.3) is 11.1 Å². The highest BCUT2D eigenvalue weighted by molar-refractivity contribution is 5.79. The fraction of sp³-hybridized carbons (Fsp3) is 0.269. The van der Waals surface area contributed by atoms with E-state index in [2.05, 4.69) is 41.7 Å². The first-order chi connectivity index (χ1) is 14.5. The molecule has 0 radical (unpaired) electrons. The number of fused-ring (bicyclic) bond motifs is 3. The van der Waals surface area contributed by atoms with Gasteiger partial charge in [0.15, 0.2) is 0 Å². The molecule has 0 spiro atoms. The van der Waals surface area contributed by atoms with Crippen LogP contribution in [0.1, 0.15) is 45.3 Å². The van der Waals surface area contributed by atoms with E-state index in [1.165, 1.54) is 22.3 Å². The van der Waals surface area contributed by atoms with Crippen molar-refractivity contribution in [3.8, 4) is 11.1 Å². The average molecular weight is 402 g/mol. The zero-order chi connectivity index (χ0) is 21.3. The van der Waals surface area contributed by atoms with E-state index >= 15 is 0 Å². The van der Waals surface area contributed by atoms with Gasteiger partial charge in [-0.2, -0.15) is 0 Å². The van der Waals surface area contributed by atoms with E-state index in [0.29, 0.717) is 0 Å². The summed E-state index contributed by atoms with van der Waals surface area (Å²) in [5.74, 6) is 0.0126. The number of aliphatic hydroxyl groups excluding tert-OH is 1. The Hall–Kier alpha value is -3.11. The van der Waals surface area contributed by atoms with Crippen molar-refractivity contribution in [1.29, 1.82) is 0 Å². The number of alkyl carbamates (subject to hydrolysis) is 1. The number of carbonyl (C=O) groups is 1. The van der Waals surface area contributed by atoms with Crippen LogP contribution in [-0.4, -0.2) is 24.4 Å². The number of aliphatic hydroxyl groups is 1. The number of hydrogen-bond acceptors (Lipinski definition) is 3. The van der Waals surface area contributed by atoms with Crippen molar-refractivity contribution in [3.05, 3.63) is 94.0 Å². The summed E-state index contributed by atoms with van der Waals surface area (Å²) in [4.78, 5) is 12.6. The first-order valence-electron chi connectivity index (χ1n) is 10.3. The molecule has 154 valence electrons.